The Morgan fingerprint density at radius 1 is 1.04 bits per heavy atom. The lowest BCUT2D eigenvalue weighted by Crippen LogP contribution is -2.35. The molecule has 2 aromatic carbocycles. The van der Waals surface area contributed by atoms with Gasteiger partial charge in [-0.05, 0) is 68.0 Å². The molecule has 1 aromatic heterocycles. The fourth-order valence-electron chi connectivity index (χ4n) is 3.71. The highest BCUT2D eigenvalue weighted by molar-refractivity contribution is 7.12. The van der Waals surface area contributed by atoms with E-state index in [-0.39, 0.29) is 11.8 Å². The van der Waals surface area contributed by atoms with Crippen molar-refractivity contribution in [2.45, 2.75) is 26.7 Å². The van der Waals surface area contributed by atoms with E-state index in [0.717, 1.165) is 40.1 Å². The Hall–Kier alpha value is -2.92. The summed E-state index contributed by atoms with van der Waals surface area (Å²) in [5.41, 5.74) is 5.49. The molecule has 1 aliphatic heterocycles. The minimum Gasteiger partial charge on any atom is -0.322 e. The SMILES string of the molecule is Cc1cc(C)cc(C(=O)Nc2ccc3c(c2)N(C(=O)c2cccs2)CCC3)c1. The van der Waals surface area contributed by atoms with Crippen LogP contribution in [0.15, 0.2) is 53.9 Å². The van der Waals surface area contributed by atoms with Crippen molar-refractivity contribution in [3.05, 3.63) is 81.0 Å². The Morgan fingerprint density at radius 3 is 2.54 bits per heavy atom. The van der Waals surface area contributed by atoms with E-state index in [1.807, 2.05) is 72.7 Å². The van der Waals surface area contributed by atoms with Gasteiger partial charge in [0.05, 0.1) is 4.88 Å². The van der Waals surface area contributed by atoms with Crippen LogP contribution in [-0.4, -0.2) is 18.4 Å². The van der Waals surface area contributed by atoms with Crippen LogP contribution in [0.1, 0.15) is 43.1 Å². The highest BCUT2D eigenvalue weighted by Gasteiger charge is 2.24. The molecule has 0 radical (unpaired) electrons. The lowest BCUT2D eigenvalue weighted by molar-refractivity contribution is 0.0987. The van der Waals surface area contributed by atoms with Crippen LogP contribution in [0, 0.1) is 13.8 Å². The molecular weight excluding hydrogens is 368 g/mol. The molecule has 2 heterocycles. The molecule has 0 saturated heterocycles. The minimum absolute atomic E-state index is 0.0220. The second kappa shape index (κ2) is 7.60. The second-order valence-corrected chi connectivity index (χ2v) is 8.16. The third kappa shape index (κ3) is 3.71. The maximum absolute atomic E-state index is 12.9. The molecule has 1 N–H and O–H groups in total. The number of carbonyl (C=O) groups is 2. The van der Waals surface area contributed by atoms with Crippen LogP contribution in [0.2, 0.25) is 0 Å². The number of carbonyl (C=O) groups excluding carboxylic acids is 2. The summed E-state index contributed by atoms with van der Waals surface area (Å²) in [5, 5.41) is 4.90. The Kier molecular flexibility index (Phi) is 5.01. The summed E-state index contributed by atoms with van der Waals surface area (Å²) < 4.78 is 0. The van der Waals surface area contributed by atoms with Gasteiger partial charge < -0.3 is 10.2 Å². The lowest BCUT2D eigenvalue weighted by Gasteiger charge is -2.29. The van der Waals surface area contributed by atoms with E-state index in [2.05, 4.69) is 5.32 Å². The van der Waals surface area contributed by atoms with Crippen molar-refractivity contribution in [1.29, 1.82) is 0 Å². The molecule has 5 heteroatoms. The first-order valence-electron chi connectivity index (χ1n) is 9.39. The number of rotatable bonds is 3. The van der Waals surface area contributed by atoms with Crippen LogP contribution in [0.4, 0.5) is 11.4 Å². The highest BCUT2D eigenvalue weighted by Crippen LogP contribution is 2.32. The Labute approximate surface area is 168 Å². The van der Waals surface area contributed by atoms with Gasteiger partial charge in [0.15, 0.2) is 0 Å². The molecule has 0 fully saturated rings. The molecule has 0 bridgehead atoms. The minimum atomic E-state index is -0.140. The predicted molar refractivity (Wildman–Crippen MR) is 115 cm³/mol. The van der Waals surface area contributed by atoms with Crippen LogP contribution in [0.3, 0.4) is 0 Å². The second-order valence-electron chi connectivity index (χ2n) is 7.21. The third-order valence-corrected chi connectivity index (χ3v) is 5.78. The van der Waals surface area contributed by atoms with Crippen LogP contribution in [0.25, 0.3) is 0 Å². The number of hydrogen-bond acceptors (Lipinski definition) is 3. The molecule has 0 atom stereocenters. The zero-order chi connectivity index (χ0) is 19.7. The first-order chi connectivity index (χ1) is 13.5. The first kappa shape index (κ1) is 18.4. The van der Waals surface area contributed by atoms with Crippen molar-refractivity contribution in [3.8, 4) is 0 Å². The molecule has 2 amide bonds. The van der Waals surface area contributed by atoms with Crippen LogP contribution >= 0.6 is 11.3 Å². The molecule has 4 rings (SSSR count). The van der Waals surface area contributed by atoms with Gasteiger partial charge in [0.2, 0.25) is 0 Å². The van der Waals surface area contributed by atoms with Crippen molar-refractivity contribution in [2.24, 2.45) is 0 Å². The number of thiophene rings is 1. The molecule has 0 aliphatic carbocycles. The third-order valence-electron chi connectivity index (χ3n) is 4.92. The fraction of sp³-hybridized carbons (Fsp3) is 0.217. The zero-order valence-corrected chi connectivity index (χ0v) is 16.8. The fourth-order valence-corrected chi connectivity index (χ4v) is 4.38. The van der Waals surface area contributed by atoms with Crippen molar-refractivity contribution in [3.63, 3.8) is 0 Å². The Morgan fingerprint density at radius 2 is 1.82 bits per heavy atom. The molecule has 0 unspecified atom stereocenters. The van der Waals surface area contributed by atoms with Gasteiger partial charge in [-0.25, -0.2) is 0 Å². The maximum Gasteiger partial charge on any atom is 0.268 e. The summed E-state index contributed by atoms with van der Waals surface area (Å²) in [6, 6.07) is 15.4. The number of benzene rings is 2. The summed E-state index contributed by atoms with van der Waals surface area (Å²) in [4.78, 5) is 28.2. The first-order valence-corrected chi connectivity index (χ1v) is 10.3. The number of anilines is 2. The van der Waals surface area contributed by atoms with Crippen molar-refractivity contribution in [1.82, 2.24) is 0 Å². The standard InChI is InChI=1S/C23H22N2O2S/c1-15-11-16(2)13-18(12-15)22(26)24-19-8-7-17-5-3-9-25(20(17)14-19)23(27)21-6-4-10-28-21/h4,6-8,10-14H,3,5,9H2,1-2H3,(H,24,26). The summed E-state index contributed by atoms with van der Waals surface area (Å²) >= 11 is 1.45. The van der Waals surface area contributed by atoms with E-state index in [1.165, 1.54) is 11.3 Å². The average Bonchev–Trinajstić information content (AvgIpc) is 3.21. The van der Waals surface area contributed by atoms with E-state index >= 15 is 0 Å². The smallest absolute Gasteiger partial charge is 0.268 e. The normalized spacial score (nSPS) is 13.1. The van der Waals surface area contributed by atoms with Crippen molar-refractivity contribution < 1.29 is 9.59 Å². The molecule has 1 aliphatic rings. The largest absolute Gasteiger partial charge is 0.322 e. The van der Waals surface area contributed by atoms with Gasteiger partial charge >= 0.3 is 0 Å². The lowest BCUT2D eigenvalue weighted by atomic mass is 10.0. The van der Waals surface area contributed by atoms with Crippen LogP contribution in [0.5, 0.6) is 0 Å². The number of nitrogens with zero attached hydrogens (tertiary/aromatic N) is 1. The van der Waals surface area contributed by atoms with Crippen LogP contribution in [-0.2, 0) is 6.42 Å². The van der Waals surface area contributed by atoms with Gasteiger partial charge in [0.25, 0.3) is 11.8 Å². The summed E-state index contributed by atoms with van der Waals surface area (Å²) in [6.07, 6.45) is 1.88. The van der Waals surface area contributed by atoms with Gasteiger partial charge in [-0.1, -0.05) is 29.3 Å². The van der Waals surface area contributed by atoms with E-state index in [9.17, 15) is 9.59 Å². The number of fused-ring (bicyclic) bond motifs is 1. The summed E-state index contributed by atoms with van der Waals surface area (Å²) in [6.45, 7) is 4.66. The molecule has 0 spiro atoms. The molecule has 28 heavy (non-hydrogen) atoms. The van der Waals surface area contributed by atoms with Gasteiger partial charge in [0.1, 0.15) is 0 Å². The quantitative estimate of drug-likeness (QED) is 0.667. The van der Waals surface area contributed by atoms with E-state index in [1.54, 1.807) is 0 Å². The molecule has 142 valence electrons. The highest BCUT2D eigenvalue weighted by atomic mass is 32.1. The van der Waals surface area contributed by atoms with Crippen molar-refractivity contribution in [2.75, 3.05) is 16.8 Å². The van der Waals surface area contributed by atoms with E-state index < -0.39 is 0 Å². The average molecular weight is 391 g/mol. The van der Waals surface area contributed by atoms with Gasteiger partial charge in [-0.3, -0.25) is 9.59 Å². The van der Waals surface area contributed by atoms with Crippen LogP contribution < -0.4 is 10.2 Å². The monoisotopic (exact) mass is 390 g/mol. The summed E-state index contributed by atoms with van der Waals surface area (Å²) in [5.74, 6) is -0.118. The number of aryl methyl sites for hydroxylation is 3. The van der Waals surface area contributed by atoms with Gasteiger partial charge in [0, 0.05) is 23.5 Å². The molecule has 4 nitrogen and oxygen atoms in total. The Balaban J connectivity index is 1.61. The maximum atomic E-state index is 12.9. The zero-order valence-electron chi connectivity index (χ0n) is 16.0. The number of amides is 2. The van der Waals surface area contributed by atoms with Gasteiger partial charge in [-0.15, -0.1) is 11.3 Å². The van der Waals surface area contributed by atoms with E-state index in [0.29, 0.717) is 17.8 Å². The summed E-state index contributed by atoms with van der Waals surface area (Å²) in [7, 11) is 0. The van der Waals surface area contributed by atoms with Crippen molar-refractivity contribution >= 4 is 34.5 Å². The van der Waals surface area contributed by atoms with Gasteiger partial charge in [-0.2, -0.15) is 0 Å². The number of nitrogens with one attached hydrogen (secondary N) is 1. The molecule has 0 saturated carbocycles. The Bertz CT molecular complexity index is 1020. The van der Waals surface area contributed by atoms with E-state index in [4.69, 9.17) is 0 Å². The topological polar surface area (TPSA) is 49.4 Å². The predicted octanol–water partition coefficient (Wildman–Crippen LogP) is 5.21. The molecule has 3 aromatic rings. The molecular formula is C23H22N2O2S. The number of hydrogen-bond donors (Lipinski definition) is 1.